The highest BCUT2D eigenvalue weighted by Crippen LogP contribution is 2.65. The summed E-state index contributed by atoms with van der Waals surface area (Å²) in [6, 6.07) is 0. The predicted octanol–water partition coefficient (Wildman–Crippen LogP) is 3.61. The molecular formula is C21H33NO3. The Labute approximate surface area is 151 Å². The summed E-state index contributed by atoms with van der Waals surface area (Å²) in [6.07, 6.45) is 9.81. The maximum atomic E-state index is 11.9. The van der Waals surface area contributed by atoms with Gasteiger partial charge in [-0.1, -0.05) is 13.8 Å². The zero-order valence-electron chi connectivity index (χ0n) is 15.9. The van der Waals surface area contributed by atoms with E-state index >= 15 is 0 Å². The van der Waals surface area contributed by atoms with Crippen LogP contribution in [0.15, 0.2) is 4.99 Å². The van der Waals surface area contributed by atoms with Crippen LogP contribution in [0.25, 0.3) is 0 Å². The molecule has 1 N–H and O–H groups in total. The molecule has 1 heterocycles. The average molecular weight is 347 g/mol. The number of esters is 1. The molecule has 4 heteroatoms. The quantitative estimate of drug-likeness (QED) is 0.582. The summed E-state index contributed by atoms with van der Waals surface area (Å²) in [5.41, 5.74) is -0.806. The maximum absolute atomic E-state index is 11.9. The molecule has 140 valence electrons. The third kappa shape index (κ3) is 2.50. The van der Waals surface area contributed by atoms with Crippen LogP contribution in [0.5, 0.6) is 0 Å². The first-order valence-corrected chi connectivity index (χ1v) is 10.2. The van der Waals surface area contributed by atoms with Gasteiger partial charge >= 0.3 is 5.97 Å². The SMILES string of the molecule is C/N=C\[C@]1(O)CC[C@H]2[C@H]3[C@H](CC[C@@]21C)[C@H]1CCCC(=O)OC1C[C@H]3C. The van der Waals surface area contributed by atoms with Gasteiger partial charge in [-0.25, -0.2) is 0 Å². The first kappa shape index (κ1) is 17.5. The summed E-state index contributed by atoms with van der Waals surface area (Å²) >= 11 is 0. The van der Waals surface area contributed by atoms with Crippen molar-refractivity contribution in [3.8, 4) is 0 Å². The summed E-state index contributed by atoms with van der Waals surface area (Å²) in [7, 11) is 1.77. The Morgan fingerprint density at radius 1 is 1.24 bits per heavy atom. The second-order valence-corrected chi connectivity index (χ2v) is 9.45. The van der Waals surface area contributed by atoms with Gasteiger partial charge in [0.05, 0.1) is 0 Å². The molecule has 1 saturated heterocycles. The molecule has 4 aliphatic rings. The summed E-state index contributed by atoms with van der Waals surface area (Å²) in [5, 5.41) is 11.3. The number of nitrogens with zero attached hydrogens (tertiary/aromatic N) is 1. The van der Waals surface area contributed by atoms with Crippen molar-refractivity contribution >= 4 is 12.2 Å². The van der Waals surface area contributed by atoms with Crippen molar-refractivity contribution in [2.75, 3.05) is 7.05 Å². The molecule has 0 amide bonds. The Kier molecular flexibility index (Phi) is 4.25. The number of hydrogen-bond acceptors (Lipinski definition) is 4. The van der Waals surface area contributed by atoms with Crippen LogP contribution in [0.1, 0.15) is 65.2 Å². The fourth-order valence-electron chi connectivity index (χ4n) is 7.24. The number of fused-ring (bicyclic) bond motifs is 5. The van der Waals surface area contributed by atoms with Crippen molar-refractivity contribution in [3.63, 3.8) is 0 Å². The Morgan fingerprint density at radius 2 is 2.04 bits per heavy atom. The Bertz CT molecular complexity index is 575. The molecule has 3 aliphatic carbocycles. The standard InChI is InChI=1S/C21H33NO3/c1-13-11-17-14(5-4-6-18(23)25-17)15-7-9-20(2)16(19(13)15)8-10-21(20,24)12-22-3/h12-17,19,24H,4-11H2,1-3H3/b22-12-/t13-,14-,15-,16+,17?,19-,20+,21-/m1/s1. The number of hydrogen-bond donors (Lipinski definition) is 1. The lowest BCUT2D eigenvalue weighted by Crippen LogP contribution is -2.56. The summed E-state index contributed by atoms with van der Waals surface area (Å²) < 4.78 is 5.84. The van der Waals surface area contributed by atoms with Crippen LogP contribution in [0.4, 0.5) is 0 Å². The molecule has 4 fully saturated rings. The lowest BCUT2D eigenvalue weighted by atomic mass is 9.49. The molecule has 3 saturated carbocycles. The van der Waals surface area contributed by atoms with Gasteiger partial charge in [0.1, 0.15) is 11.7 Å². The number of rotatable bonds is 1. The van der Waals surface area contributed by atoms with Crippen molar-refractivity contribution in [3.05, 3.63) is 0 Å². The van der Waals surface area contributed by atoms with E-state index in [2.05, 4.69) is 18.8 Å². The van der Waals surface area contributed by atoms with Gasteiger partial charge in [-0.15, -0.1) is 0 Å². The number of ether oxygens (including phenoxy) is 1. The molecule has 0 bridgehead atoms. The molecule has 0 aromatic rings. The summed E-state index contributed by atoms with van der Waals surface area (Å²) in [5.74, 6) is 2.96. The highest BCUT2D eigenvalue weighted by Gasteiger charge is 2.63. The van der Waals surface area contributed by atoms with Gasteiger partial charge in [-0.05, 0) is 74.5 Å². The first-order chi connectivity index (χ1) is 11.9. The van der Waals surface area contributed by atoms with Crippen LogP contribution < -0.4 is 0 Å². The third-order valence-electron chi connectivity index (χ3n) is 8.43. The maximum Gasteiger partial charge on any atom is 0.306 e. The topological polar surface area (TPSA) is 58.9 Å². The summed E-state index contributed by atoms with van der Waals surface area (Å²) in [6.45, 7) is 4.65. The van der Waals surface area contributed by atoms with Crippen LogP contribution in [0, 0.1) is 35.0 Å². The highest BCUT2D eigenvalue weighted by molar-refractivity contribution is 5.71. The van der Waals surface area contributed by atoms with Gasteiger partial charge in [-0.3, -0.25) is 9.79 Å². The van der Waals surface area contributed by atoms with E-state index in [0.717, 1.165) is 44.9 Å². The van der Waals surface area contributed by atoms with Crippen LogP contribution in [-0.4, -0.2) is 36.0 Å². The van der Waals surface area contributed by atoms with Gasteiger partial charge in [-0.2, -0.15) is 0 Å². The normalized spacial score (nSPS) is 52.9. The van der Waals surface area contributed by atoms with Gasteiger partial charge < -0.3 is 9.84 Å². The molecule has 0 spiro atoms. The van der Waals surface area contributed by atoms with Crippen LogP contribution >= 0.6 is 0 Å². The van der Waals surface area contributed by atoms with Crippen molar-refractivity contribution in [1.29, 1.82) is 0 Å². The van der Waals surface area contributed by atoms with Crippen molar-refractivity contribution in [2.45, 2.75) is 76.9 Å². The lowest BCUT2D eigenvalue weighted by Gasteiger charge is -2.57. The van der Waals surface area contributed by atoms with Crippen molar-refractivity contribution in [2.24, 2.45) is 40.0 Å². The minimum absolute atomic E-state index is 0.00759. The monoisotopic (exact) mass is 347 g/mol. The summed E-state index contributed by atoms with van der Waals surface area (Å²) in [4.78, 5) is 16.1. The van der Waals surface area contributed by atoms with E-state index in [1.165, 1.54) is 0 Å². The van der Waals surface area contributed by atoms with E-state index < -0.39 is 5.60 Å². The molecule has 0 aromatic heterocycles. The smallest absolute Gasteiger partial charge is 0.306 e. The van der Waals surface area contributed by atoms with Gasteiger partial charge in [0.2, 0.25) is 0 Å². The zero-order valence-corrected chi connectivity index (χ0v) is 15.9. The molecule has 8 atom stereocenters. The molecule has 4 rings (SSSR count). The minimum atomic E-state index is -0.746. The number of carbonyl (C=O) groups excluding carboxylic acids is 1. The van der Waals surface area contributed by atoms with Gasteiger partial charge in [0.15, 0.2) is 0 Å². The molecule has 4 nitrogen and oxygen atoms in total. The van der Waals surface area contributed by atoms with Gasteiger partial charge in [0.25, 0.3) is 0 Å². The van der Waals surface area contributed by atoms with E-state index in [-0.39, 0.29) is 17.5 Å². The van der Waals surface area contributed by atoms with E-state index in [1.54, 1.807) is 7.05 Å². The van der Waals surface area contributed by atoms with Gasteiger partial charge in [0, 0.05) is 25.1 Å². The predicted molar refractivity (Wildman–Crippen MR) is 97.4 cm³/mol. The Balaban J connectivity index is 1.64. The van der Waals surface area contributed by atoms with Crippen molar-refractivity contribution in [1.82, 2.24) is 0 Å². The Morgan fingerprint density at radius 3 is 2.80 bits per heavy atom. The second-order valence-electron chi connectivity index (χ2n) is 9.45. The fourth-order valence-corrected chi connectivity index (χ4v) is 7.24. The lowest BCUT2D eigenvalue weighted by molar-refractivity contribution is -0.164. The third-order valence-corrected chi connectivity index (χ3v) is 8.43. The largest absolute Gasteiger partial charge is 0.462 e. The Hall–Kier alpha value is -0.900. The zero-order chi connectivity index (χ0) is 17.8. The number of carbonyl (C=O) groups is 1. The number of aliphatic imine (C=N–C) groups is 1. The van der Waals surface area contributed by atoms with E-state index in [0.29, 0.717) is 36.0 Å². The van der Waals surface area contributed by atoms with Crippen LogP contribution in [-0.2, 0) is 9.53 Å². The average Bonchev–Trinajstić information content (AvgIpc) is 2.69. The van der Waals surface area contributed by atoms with Crippen LogP contribution in [0.2, 0.25) is 0 Å². The van der Waals surface area contributed by atoms with Crippen molar-refractivity contribution < 1.29 is 14.6 Å². The second kappa shape index (κ2) is 6.07. The van der Waals surface area contributed by atoms with E-state index in [1.807, 2.05) is 6.21 Å². The molecule has 25 heavy (non-hydrogen) atoms. The molecule has 1 unspecified atom stereocenters. The van der Waals surface area contributed by atoms with E-state index in [9.17, 15) is 9.90 Å². The molecule has 0 aromatic carbocycles. The van der Waals surface area contributed by atoms with E-state index in [4.69, 9.17) is 4.74 Å². The molecule has 1 aliphatic heterocycles. The fraction of sp³-hybridized carbons (Fsp3) is 0.905. The molecular weight excluding hydrogens is 314 g/mol. The first-order valence-electron chi connectivity index (χ1n) is 10.2. The minimum Gasteiger partial charge on any atom is -0.462 e. The highest BCUT2D eigenvalue weighted by atomic mass is 16.5. The van der Waals surface area contributed by atoms with Crippen LogP contribution in [0.3, 0.4) is 0 Å². The molecule has 0 radical (unpaired) electrons. The number of aliphatic hydroxyl groups is 1.